The normalized spacial score (nSPS) is 28.0. The molecule has 0 radical (unpaired) electrons. The largest absolute Gasteiger partial charge is 0.321 e. The minimum Gasteiger partial charge on any atom is -0.321 e. The van der Waals surface area contributed by atoms with E-state index in [4.69, 9.17) is 11.6 Å². The van der Waals surface area contributed by atoms with Crippen LogP contribution in [-0.2, 0) is 9.59 Å². The number of nitrogens with one attached hydrogen (secondary N) is 1. The van der Waals surface area contributed by atoms with Crippen LogP contribution in [0.5, 0.6) is 0 Å². The maximum absolute atomic E-state index is 13.0. The standard InChI is InChI=1S/C22H19ClN2O3/c23-16-6-1-2-7-17(16)24-20(26)14-4-3-5-15(11-14)25-21(27)18-12-8-9-13(10-12)19(18)22(25)28/h1-7,11-13,18-19H,8-10H2,(H,24,26)/t12-,13-,18+,19+/m0/s1. The minimum absolute atomic E-state index is 0.106. The Morgan fingerprint density at radius 3 is 2.32 bits per heavy atom. The number of rotatable bonds is 3. The van der Waals surface area contributed by atoms with Crippen LogP contribution in [0.1, 0.15) is 29.6 Å². The molecule has 2 saturated carbocycles. The number of carbonyl (C=O) groups excluding carboxylic acids is 3. The van der Waals surface area contributed by atoms with Crippen molar-refractivity contribution >= 4 is 40.7 Å². The van der Waals surface area contributed by atoms with E-state index in [2.05, 4.69) is 5.32 Å². The van der Waals surface area contributed by atoms with Gasteiger partial charge in [0.25, 0.3) is 5.91 Å². The molecule has 5 nitrogen and oxygen atoms in total. The van der Waals surface area contributed by atoms with Gasteiger partial charge in [-0.05, 0) is 61.4 Å². The lowest BCUT2D eigenvalue weighted by molar-refractivity contribution is -0.123. The van der Waals surface area contributed by atoms with Gasteiger partial charge >= 0.3 is 0 Å². The predicted molar refractivity (Wildman–Crippen MR) is 106 cm³/mol. The molecule has 0 aromatic heterocycles. The van der Waals surface area contributed by atoms with Gasteiger partial charge in [0.15, 0.2) is 0 Å². The fourth-order valence-electron chi connectivity index (χ4n) is 5.21. The fourth-order valence-corrected chi connectivity index (χ4v) is 5.39. The number of nitrogens with zero attached hydrogens (tertiary/aromatic N) is 1. The summed E-state index contributed by atoms with van der Waals surface area (Å²) >= 11 is 6.10. The van der Waals surface area contributed by atoms with Crippen molar-refractivity contribution in [2.75, 3.05) is 10.2 Å². The monoisotopic (exact) mass is 394 g/mol. The number of halogens is 1. The number of anilines is 2. The quantitative estimate of drug-likeness (QED) is 0.796. The summed E-state index contributed by atoms with van der Waals surface area (Å²) < 4.78 is 0. The second-order valence-corrected chi connectivity index (χ2v) is 8.29. The van der Waals surface area contributed by atoms with Gasteiger partial charge in [-0.25, -0.2) is 0 Å². The van der Waals surface area contributed by atoms with Gasteiger partial charge in [-0.3, -0.25) is 19.3 Å². The molecule has 6 heteroatoms. The molecule has 0 unspecified atom stereocenters. The van der Waals surface area contributed by atoms with Crippen LogP contribution in [0.15, 0.2) is 48.5 Å². The Bertz CT molecular complexity index is 977. The second-order valence-electron chi connectivity index (χ2n) is 7.88. The summed E-state index contributed by atoms with van der Waals surface area (Å²) in [6.45, 7) is 0. The van der Waals surface area contributed by atoms with Crippen LogP contribution >= 0.6 is 11.6 Å². The van der Waals surface area contributed by atoms with Crippen LogP contribution in [0.25, 0.3) is 0 Å². The highest BCUT2D eigenvalue weighted by atomic mass is 35.5. The van der Waals surface area contributed by atoms with E-state index in [1.807, 2.05) is 0 Å². The smallest absolute Gasteiger partial charge is 0.255 e. The Labute approximate surface area is 167 Å². The number of imide groups is 1. The van der Waals surface area contributed by atoms with E-state index in [-0.39, 0.29) is 29.6 Å². The molecule has 2 aromatic rings. The molecule has 142 valence electrons. The topological polar surface area (TPSA) is 66.5 Å². The molecule has 2 aromatic carbocycles. The van der Waals surface area contributed by atoms with Crippen molar-refractivity contribution in [1.82, 2.24) is 0 Å². The average molecular weight is 395 g/mol. The lowest BCUT2D eigenvalue weighted by atomic mass is 9.81. The third-order valence-corrected chi connectivity index (χ3v) is 6.75. The molecule has 4 atom stereocenters. The molecule has 3 aliphatic rings. The summed E-state index contributed by atoms with van der Waals surface area (Å²) in [6, 6.07) is 13.7. The number of fused-ring (bicyclic) bond motifs is 5. The number of hydrogen-bond donors (Lipinski definition) is 1. The zero-order chi connectivity index (χ0) is 19.4. The molecule has 1 N–H and O–H groups in total. The maximum Gasteiger partial charge on any atom is 0.255 e. The lowest BCUT2D eigenvalue weighted by Crippen LogP contribution is -2.33. The second kappa shape index (κ2) is 6.45. The Kier molecular flexibility index (Phi) is 4.02. The van der Waals surface area contributed by atoms with Gasteiger partial charge < -0.3 is 5.32 Å². The molecule has 3 amide bonds. The van der Waals surface area contributed by atoms with Crippen LogP contribution in [0, 0.1) is 23.7 Å². The van der Waals surface area contributed by atoms with Crippen molar-refractivity contribution < 1.29 is 14.4 Å². The summed E-state index contributed by atoms with van der Waals surface area (Å²) in [4.78, 5) is 39.9. The molecular weight excluding hydrogens is 376 g/mol. The van der Waals surface area contributed by atoms with Gasteiger partial charge in [-0.1, -0.05) is 29.8 Å². The summed E-state index contributed by atoms with van der Waals surface area (Å²) in [5, 5.41) is 3.22. The molecule has 5 rings (SSSR count). The number of amides is 3. The molecule has 1 aliphatic heterocycles. The zero-order valence-corrected chi connectivity index (χ0v) is 15.9. The van der Waals surface area contributed by atoms with E-state index in [0.29, 0.717) is 33.8 Å². The van der Waals surface area contributed by atoms with Gasteiger partial charge in [0.1, 0.15) is 0 Å². The molecule has 2 aliphatic carbocycles. The number of carbonyl (C=O) groups is 3. The van der Waals surface area contributed by atoms with Crippen LogP contribution in [0.3, 0.4) is 0 Å². The average Bonchev–Trinajstić information content (AvgIpc) is 3.37. The first-order valence-electron chi connectivity index (χ1n) is 9.58. The summed E-state index contributed by atoms with van der Waals surface area (Å²) in [6.07, 6.45) is 3.08. The van der Waals surface area contributed by atoms with Crippen molar-refractivity contribution in [2.45, 2.75) is 19.3 Å². The molecule has 0 spiro atoms. The van der Waals surface area contributed by atoms with E-state index < -0.39 is 0 Å². The molecule has 1 saturated heterocycles. The van der Waals surface area contributed by atoms with Crippen LogP contribution < -0.4 is 10.2 Å². The Balaban J connectivity index is 1.42. The predicted octanol–water partition coefficient (Wildman–Crippen LogP) is 4.13. The van der Waals surface area contributed by atoms with Crippen molar-refractivity contribution in [3.63, 3.8) is 0 Å². The van der Waals surface area contributed by atoms with Crippen molar-refractivity contribution in [3.05, 3.63) is 59.1 Å². The van der Waals surface area contributed by atoms with Gasteiger partial charge in [0.2, 0.25) is 11.8 Å². The number of hydrogen-bond acceptors (Lipinski definition) is 3. The molecular formula is C22H19ClN2O3. The lowest BCUT2D eigenvalue weighted by Gasteiger charge is -2.19. The first kappa shape index (κ1) is 17.4. The number of benzene rings is 2. The Morgan fingerprint density at radius 1 is 0.964 bits per heavy atom. The first-order valence-corrected chi connectivity index (χ1v) is 9.96. The van der Waals surface area contributed by atoms with E-state index in [0.717, 1.165) is 19.3 Å². The van der Waals surface area contributed by atoms with Crippen LogP contribution in [0.4, 0.5) is 11.4 Å². The summed E-state index contributed by atoms with van der Waals surface area (Å²) in [5.41, 5.74) is 1.35. The fraction of sp³-hybridized carbons (Fsp3) is 0.318. The zero-order valence-electron chi connectivity index (χ0n) is 15.1. The SMILES string of the molecule is O=C(Nc1ccccc1Cl)c1cccc(N2C(=O)[C@@H]3[C@H]4CC[C@@H](C4)[C@H]3C2=O)c1. The van der Waals surface area contributed by atoms with Crippen molar-refractivity contribution in [1.29, 1.82) is 0 Å². The van der Waals surface area contributed by atoms with Crippen molar-refractivity contribution in [3.8, 4) is 0 Å². The highest BCUT2D eigenvalue weighted by Gasteiger charge is 2.61. The van der Waals surface area contributed by atoms with E-state index in [1.165, 1.54) is 4.90 Å². The Morgan fingerprint density at radius 2 is 1.64 bits per heavy atom. The van der Waals surface area contributed by atoms with Crippen LogP contribution in [0.2, 0.25) is 5.02 Å². The number of para-hydroxylation sites is 1. The minimum atomic E-state index is -0.339. The highest BCUT2D eigenvalue weighted by Crippen LogP contribution is 2.56. The van der Waals surface area contributed by atoms with Gasteiger partial charge in [-0.15, -0.1) is 0 Å². The van der Waals surface area contributed by atoms with Crippen molar-refractivity contribution in [2.24, 2.45) is 23.7 Å². The van der Waals surface area contributed by atoms with E-state index in [1.54, 1.807) is 48.5 Å². The highest BCUT2D eigenvalue weighted by molar-refractivity contribution is 6.34. The third kappa shape index (κ3) is 2.57. The third-order valence-electron chi connectivity index (χ3n) is 6.42. The van der Waals surface area contributed by atoms with Crippen LogP contribution in [-0.4, -0.2) is 17.7 Å². The maximum atomic E-state index is 13.0. The summed E-state index contributed by atoms with van der Waals surface area (Å²) in [7, 11) is 0. The molecule has 1 heterocycles. The Hall–Kier alpha value is -2.66. The molecule has 3 fully saturated rings. The molecule has 28 heavy (non-hydrogen) atoms. The van der Waals surface area contributed by atoms with Gasteiger partial charge in [-0.2, -0.15) is 0 Å². The van der Waals surface area contributed by atoms with E-state index >= 15 is 0 Å². The van der Waals surface area contributed by atoms with E-state index in [9.17, 15) is 14.4 Å². The van der Waals surface area contributed by atoms with Gasteiger partial charge in [0.05, 0.1) is 28.2 Å². The molecule has 2 bridgehead atoms. The first-order chi connectivity index (χ1) is 13.5. The summed E-state index contributed by atoms with van der Waals surface area (Å²) in [5.74, 6) is -0.226. The van der Waals surface area contributed by atoms with Gasteiger partial charge in [0, 0.05) is 5.56 Å².